The van der Waals surface area contributed by atoms with Gasteiger partial charge in [-0.3, -0.25) is 4.79 Å². The number of anilines is 1. The summed E-state index contributed by atoms with van der Waals surface area (Å²) in [5.74, 6) is 0.126. The number of furan rings is 1. The average Bonchev–Trinajstić information content (AvgIpc) is 3.11. The minimum atomic E-state index is -3.70. The first kappa shape index (κ1) is 17.7. The van der Waals surface area contributed by atoms with E-state index >= 15 is 0 Å². The van der Waals surface area contributed by atoms with Gasteiger partial charge in [-0.15, -0.1) is 0 Å². The van der Waals surface area contributed by atoms with Crippen LogP contribution in [0.25, 0.3) is 0 Å². The third-order valence-corrected chi connectivity index (χ3v) is 5.75. The van der Waals surface area contributed by atoms with Crippen LogP contribution in [0.15, 0.2) is 39.8 Å². The van der Waals surface area contributed by atoms with Crippen LogP contribution < -0.4 is 9.62 Å². The number of carbonyl (C=O) groups excluding carboxylic acids is 1. The van der Waals surface area contributed by atoms with E-state index in [4.69, 9.17) is 4.42 Å². The summed E-state index contributed by atoms with van der Waals surface area (Å²) < 4.78 is 31.0. The Hall–Kier alpha value is -2.12. The Bertz CT molecular complexity index is 900. The number of nitrogens with one attached hydrogen (secondary N) is 1. The van der Waals surface area contributed by atoms with Crippen molar-refractivity contribution in [2.45, 2.75) is 37.7 Å². The fourth-order valence-corrected chi connectivity index (χ4v) is 3.65. The summed E-state index contributed by atoms with van der Waals surface area (Å²) in [6.07, 6.45) is 1.79. The molecule has 2 aromatic rings. The van der Waals surface area contributed by atoms with Crippen molar-refractivity contribution in [2.24, 2.45) is 0 Å². The van der Waals surface area contributed by atoms with Crippen molar-refractivity contribution in [3.63, 3.8) is 0 Å². The molecule has 0 aliphatic carbocycles. The number of benzene rings is 1. The van der Waals surface area contributed by atoms with Crippen molar-refractivity contribution in [2.75, 3.05) is 18.5 Å². The molecule has 2 heterocycles. The van der Waals surface area contributed by atoms with Gasteiger partial charge in [0.25, 0.3) is 15.9 Å². The predicted molar refractivity (Wildman–Crippen MR) is 95.5 cm³/mol. The summed E-state index contributed by atoms with van der Waals surface area (Å²) in [5, 5.41) is -0.259. The molecule has 0 unspecified atom stereocenters. The molecule has 1 amide bonds. The molecule has 0 spiro atoms. The molecule has 25 heavy (non-hydrogen) atoms. The average molecular weight is 362 g/mol. The highest BCUT2D eigenvalue weighted by molar-refractivity contribution is 7.89. The van der Waals surface area contributed by atoms with Crippen LogP contribution in [-0.2, 0) is 16.4 Å². The monoisotopic (exact) mass is 362 g/mol. The number of amides is 1. The minimum absolute atomic E-state index is 0.0228. The smallest absolute Gasteiger partial charge is 0.294 e. The minimum Gasteiger partial charge on any atom is -0.438 e. The lowest BCUT2D eigenvalue weighted by molar-refractivity contribution is 0.0953. The van der Waals surface area contributed by atoms with Crippen molar-refractivity contribution < 1.29 is 17.6 Å². The normalized spacial score (nSPS) is 14.6. The third kappa shape index (κ3) is 3.34. The third-order valence-electron chi connectivity index (χ3n) is 4.46. The van der Waals surface area contributed by atoms with Crippen LogP contribution in [0.2, 0.25) is 0 Å². The van der Waals surface area contributed by atoms with Gasteiger partial charge in [0, 0.05) is 12.2 Å². The summed E-state index contributed by atoms with van der Waals surface area (Å²) >= 11 is 0. The molecule has 0 saturated carbocycles. The number of rotatable bonds is 4. The van der Waals surface area contributed by atoms with Crippen molar-refractivity contribution in [1.29, 1.82) is 0 Å². The molecule has 0 bridgehead atoms. The van der Waals surface area contributed by atoms with Crippen molar-refractivity contribution in [3.8, 4) is 0 Å². The zero-order chi connectivity index (χ0) is 18.2. The summed E-state index contributed by atoms with van der Waals surface area (Å²) in [6.45, 7) is 4.86. The van der Waals surface area contributed by atoms with Gasteiger partial charge in [-0.25, -0.2) is 13.1 Å². The van der Waals surface area contributed by atoms with Crippen molar-refractivity contribution >= 4 is 21.6 Å². The number of fused-ring (bicyclic) bond motifs is 1. The van der Waals surface area contributed by atoms with E-state index in [1.807, 2.05) is 12.1 Å². The largest absolute Gasteiger partial charge is 0.438 e. The van der Waals surface area contributed by atoms with Gasteiger partial charge < -0.3 is 9.32 Å². The summed E-state index contributed by atoms with van der Waals surface area (Å²) in [5.41, 5.74) is 3.25. The second-order valence-corrected chi connectivity index (χ2v) is 8.25. The molecule has 6 nitrogen and oxygen atoms in total. The molecule has 7 heteroatoms. The summed E-state index contributed by atoms with van der Waals surface area (Å²) in [4.78, 5) is 14.5. The maximum absolute atomic E-state index is 12.8. The molecule has 1 aromatic carbocycles. The lowest BCUT2D eigenvalue weighted by atomic mass is 9.94. The highest BCUT2D eigenvalue weighted by Crippen LogP contribution is 2.31. The Labute approximate surface area is 147 Å². The van der Waals surface area contributed by atoms with Crippen LogP contribution >= 0.6 is 0 Å². The molecule has 1 aromatic heterocycles. The van der Waals surface area contributed by atoms with Gasteiger partial charge in [-0.1, -0.05) is 26.0 Å². The Morgan fingerprint density at radius 1 is 1.24 bits per heavy atom. The Morgan fingerprint density at radius 2 is 2.00 bits per heavy atom. The lowest BCUT2D eigenvalue weighted by Gasteiger charge is -2.29. The first-order valence-corrected chi connectivity index (χ1v) is 9.80. The van der Waals surface area contributed by atoms with Gasteiger partial charge in [0.15, 0.2) is 5.76 Å². The van der Waals surface area contributed by atoms with Crippen LogP contribution in [0.3, 0.4) is 0 Å². The zero-order valence-corrected chi connectivity index (χ0v) is 15.4. The number of hydrogen-bond acceptors (Lipinski definition) is 4. The number of aryl methyl sites for hydroxylation is 1. The Kier molecular flexibility index (Phi) is 4.71. The SMILES string of the molecule is CNS(=O)(=O)c1ccc(C(=O)N2CCCc3cc(C(C)C)ccc32)o1. The van der Waals surface area contributed by atoms with Gasteiger partial charge >= 0.3 is 0 Å². The van der Waals surface area contributed by atoms with Crippen molar-refractivity contribution in [3.05, 3.63) is 47.2 Å². The highest BCUT2D eigenvalue weighted by atomic mass is 32.2. The van der Waals surface area contributed by atoms with Crippen LogP contribution in [0.1, 0.15) is 47.9 Å². The maximum Gasteiger partial charge on any atom is 0.294 e. The maximum atomic E-state index is 12.8. The molecule has 0 radical (unpaired) electrons. The molecule has 0 atom stereocenters. The van der Waals surface area contributed by atoms with E-state index < -0.39 is 10.0 Å². The van der Waals surface area contributed by atoms with E-state index in [-0.39, 0.29) is 16.8 Å². The zero-order valence-electron chi connectivity index (χ0n) is 14.6. The molecule has 3 rings (SSSR count). The van der Waals surface area contributed by atoms with Crippen LogP contribution in [0.4, 0.5) is 5.69 Å². The fraction of sp³-hybridized carbons (Fsp3) is 0.389. The standard InChI is InChI=1S/C18H22N2O4S/c1-12(2)13-6-7-15-14(11-13)5-4-10-20(15)18(21)16-8-9-17(24-16)25(22,23)19-3/h6-9,11-12,19H,4-5,10H2,1-3H3. The van der Waals surface area contributed by atoms with Crippen LogP contribution in [-0.4, -0.2) is 27.9 Å². The van der Waals surface area contributed by atoms with E-state index in [9.17, 15) is 13.2 Å². The summed E-state index contributed by atoms with van der Waals surface area (Å²) in [7, 11) is -2.41. The molecular weight excluding hydrogens is 340 g/mol. The Morgan fingerprint density at radius 3 is 2.68 bits per heavy atom. The first-order valence-electron chi connectivity index (χ1n) is 8.31. The molecule has 0 fully saturated rings. The van der Waals surface area contributed by atoms with Gasteiger partial charge in [0.1, 0.15) is 0 Å². The van der Waals surface area contributed by atoms with Gasteiger partial charge in [0.05, 0.1) is 0 Å². The molecule has 1 N–H and O–H groups in total. The van der Waals surface area contributed by atoms with E-state index in [1.165, 1.54) is 24.7 Å². The van der Waals surface area contributed by atoms with Crippen molar-refractivity contribution in [1.82, 2.24) is 4.72 Å². The van der Waals surface area contributed by atoms with Gasteiger partial charge in [-0.05, 0) is 55.1 Å². The second kappa shape index (κ2) is 6.65. The molecule has 134 valence electrons. The number of sulfonamides is 1. The van der Waals surface area contributed by atoms with Gasteiger partial charge in [0.2, 0.25) is 5.09 Å². The number of nitrogens with zero attached hydrogens (tertiary/aromatic N) is 1. The molecule has 0 saturated heterocycles. The van der Waals surface area contributed by atoms with E-state index in [2.05, 4.69) is 24.6 Å². The highest BCUT2D eigenvalue weighted by Gasteiger charge is 2.27. The second-order valence-electron chi connectivity index (χ2n) is 6.43. The lowest BCUT2D eigenvalue weighted by Crippen LogP contribution is -2.35. The number of carbonyl (C=O) groups is 1. The van der Waals surface area contributed by atoms with E-state index in [0.717, 1.165) is 24.1 Å². The van der Waals surface area contributed by atoms with Crippen LogP contribution in [0.5, 0.6) is 0 Å². The topological polar surface area (TPSA) is 79.6 Å². The van der Waals surface area contributed by atoms with Crippen LogP contribution in [0, 0.1) is 0 Å². The van der Waals surface area contributed by atoms with E-state index in [0.29, 0.717) is 12.5 Å². The quantitative estimate of drug-likeness (QED) is 0.907. The van der Waals surface area contributed by atoms with Gasteiger partial charge in [-0.2, -0.15) is 0 Å². The fourth-order valence-electron chi connectivity index (χ4n) is 3.00. The predicted octanol–water partition coefficient (Wildman–Crippen LogP) is 2.90. The molecule has 1 aliphatic rings. The van der Waals surface area contributed by atoms with E-state index in [1.54, 1.807) is 4.90 Å². The first-order chi connectivity index (χ1) is 11.8. The summed E-state index contributed by atoms with van der Waals surface area (Å²) in [6, 6.07) is 8.86. The molecular formula is C18H22N2O4S. The molecule has 1 aliphatic heterocycles. The number of hydrogen-bond donors (Lipinski definition) is 1. The Balaban J connectivity index is 1.92.